The van der Waals surface area contributed by atoms with E-state index in [-0.39, 0.29) is 8.07 Å². The molecule has 0 saturated carbocycles. The van der Waals surface area contributed by atoms with Crippen LogP contribution in [0, 0.1) is 5.92 Å². The van der Waals surface area contributed by atoms with Gasteiger partial charge in [0.2, 0.25) is 0 Å². The van der Waals surface area contributed by atoms with Gasteiger partial charge in [-0.3, -0.25) is 9.34 Å². The molecule has 3 rings (SSSR count). The van der Waals surface area contributed by atoms with Crippen LogP contribution in [0.1, 0.15) is 27.7 Å². The van der Waals surface area contributed by atoms with E-state index in [4.69, 9.17) is 0 Å². The zero-order chi connectivity index (χ0) is 15.5. The van der Waals surface area contributed by atoms with Gasteiger partial charge in [-0.1, -0.05) is 31.1 Å². The van der Waals surface area contributed by atoms with Gasteiger partial charge in [-0.2, -0.15) is 0 Å². The van der Waals surface area contributed by atoms with Crippen molar-refractivity contribution >= 4 is 15.4 Å². The molecule has 0 aromatic rings. The Morgan fingerprint density at radius 3 is 2.33 bits per heavy atom. The van der Waals surface area contributed by atoms with Gasteiger partial charge in [0.25, 0.3) is 0 Å². The Balaban J connectivity index is 2.07. The first-order valence-electron chi connectivity index (χ1n) is 8.04. The average molecular weight is 326 g/mol. The third-order valence-electron chi connectivity index (χ3n) is 5.52. The van der Waals surface area contributed by atoms with Crippen LogP contribution < -0.4 is 0 Å². The third-order valence-corrected chi connectivity index (χ3v) is 12.8. The molecule has 5 heteroatoms. The number of hydrogen-bond donors (Lipinski definition) is 0. The van der Waals surface area contributed by atoms with Crippen LogP contribution in [-0.4, -0.2) is 53.5 Å². The molecule has 3 nitrogen and oxygen atoms in total. The predicted octanol–water partition coefficient (Wildman–Crippen LogP) is 4.18. The van der Waals surface area contributed by atoms with Crippen LogP contribution in [0.2, 0.25) is 0 Å². The summed E-state index contributed by atoms with van der Waals surface area (Å²) in [6.45, 7) is 10.6. The van der Waals surface area contributed by atoms with E-state index in [0.717, 1.165) is 13.1 Å². The lowest BCUT2D eigenvalue weighted by atomic mass is 9.85. The molecule has 21 heavy (non-hydrogen) atoms. The van der Waals surface area contributed by atoms with Crippen LogP contribution >= 0.6 is 15.4 Å². The lowest BCUT2D eigenvalue weighted by molar-refractivity contribution is 0.433. The third kappa shape index (κ3) is 2.01. The molecule has 118 valence electrons. The quantitative estimate of drug-likeness (QED) is 0.572. The summed E-state index contributed by atoms with van der Waals surface area (Å²) >= 11 is 0. The van der Waals surface area contributed by atoms with Crippen molar-refractivity contribution < 1.29 is 4.57 Å². The molecule has 0 N–H and O–H groups in total. The normalized spacial score (nSPS) is 44.5. The van der Waals surface area contributed by atoms with Gasteiger partial charge in [0.15, 0.2) is 7.29 Å². The van der Waals surface area contributed by atoms with E-state index >= 15 is 0 Å². The fraction of sp³-hybridized carbons (Fsp3) is 0.750. The first-order valence-corrected chi connectivity index (χ1v) is 11.3. The molecule has 3 heterocycles. The smallest absolute Gasteiger partial charge is 0.176 e. The second kappa shape index (κ2) is 5.31. The van der Waals surface area contributed by atoms with E-state index in [1.54, 1.807) is 5.57 Å². The molecule has 1 fully saturated rings. The highest BCUT2D eigenvalue weighted by atomic mass is 31.2. The molecule has 0 aromatic heterocycles. The first-order chi connectivity index (χ1) is 9.86. The molecule has 0 aromatic carbocycles. The van der Waals surface area contributed by atoms with Gasteiger partial charge >= 0.3 is 0 Å². The van der Waals surface area contributed by atoms with Crippen molar-refractivity contribution in [3.05, 3.63) is 23.0 Å². The van der Waals surface area contributed by atoms with Crippen LogP contribution in [0.4, 0.5) is 0 Å². The summed E-state index contributed by atoms with van der Waals surface area (Å²) in [5.41, 5.74) is 4.43. The van der Waals surface area contributed by atoms with E-state index in [1.165, 1.54) is 5.57 Å². The van der Waals surface area contributed by atoms with E-state index in [0.29, 0.717) is 22.9 Å². The second-order valence-electron chi connectivity index (χ2n) is 6.77. The summed E-state index contributed by atoms with van der Waals surface area (Å²) in [5.74, 6) is 2.70. The van der Waals surface area contributed by atoms with Crippen molar-refractivity contribution in [2.45, 2.75) is 44.7 Å². The Morgan fingerprint density at radius 1 is 1.19 bits per heavy atom. The molecule has 3 aliphatic heterocycles. The van der Waals surface area contributed by atoms with Gasteiger partial charge in [0, 0.05) is 36.0 Å². The molecular weight excluding hydrogens is 298 g/mol. The molecule has 2 bridgehead atoms. The van der Waals surface area contributed by atoms with Gasteiger partial charge in [0.05, 0.1) is 0 Å². The standard InChI is InChI=1S/C16H28N2OP2/c1-7-18(8-2)21(19)10-12(4)14-15-11(3)9-13(16(14)21)20(15)17(5)6/h9-10,13-16H,7-8H2,1-6H3/t13-,14-,15+,16+,20?,21?/m0/s1. The molecule has 2 unspecified atom stereocenters. The summed E-state index contributed by atoms with van der Waals surface area (Å²) in [6, 6.07) is 0. The molecule has 0 amide bonds. The Hall–Kier alpha value is 0.0600. The topological polar surface area (TPSA) is 23.6 Å². The fourth-order valence-corrected chi connectivity index (χ4v) is 13.2. The van der Waals surface area contributed by atoms with Crippen molar-refractivity contribution in [2.75, 3.05) is 27.2 Å². The molecule has 6 atom stereocenters. The van der Waals surface area contributed by atoms with Gasteiger partial charge in [-0.15, -0.1) is 0 Å². The first kappa shape index (κ1) is 15.9. The minimum atomic E-state index is -2.37. The van der Waals surface area contributed by atoms with Gasteiger partial charge in [-0.05, 0) is 41.8 Å². The summed E-state index contributed by atoms with van der Waals surface area (Å²) in [7, 11) is 1.84. The minimum absolute atomic E-state index is 0.207. The summed E-state index contributed by atoms with van der Waals surface area (Å²) in [4.78, 5) is 0. The number of nitrogens with zero attached hydrogens (tertiary/aromatic N) is 2. The molecule has 0 aliphatic carbocycles. The number of allylic oxidation sites excluding steroid dienone is 3. The van der Waals surface area contributed by atoms with E-state index in [9.17, 15) is 4.57 Å². The van der Waals surface area contributed by atoms with Crippen molar-refractivity contribution in [1.29, 1.82) is 0 Å². The van der Waals surface area contributed by atoms with E-state index < -0.39 is 7.29 Å². The molecule has 0 radical (unpaired) electrons. The van der Waals surface area contributed by atoms with Crippen LogP contribution in [0.5, 0.6) is 0 Å². The maximum absolute atomic E-state index is 13.9. The van der Waals surface area contributed by atoms with Crippen LogP contribution in [0.3, 0.4) is 0 Å². The maximum atomic E-state index is 13.9. The average Bonchev–Trinajstić information content (AvgIpc) is 2.99. The van der Waals surface area contributed by atoms with Crippen LogP contribution in [-0.2, 0) is 4.57 Å². The van der Waals surface area contributed by atoms with Gasteiger partial charge in [-0.25, -0.2) is 0 Å². The zero-order valence-corrected chi connectivity index (χ0v) is 15.9. The lowest BCUT2D eigenvalue weighted by Crippen LogP contribution is -2.33. The molecule has 0 spiro atoms. The SMILES string of the molecule is CCN(CC)P1(=O)C=C(C)[C@@H]2[C@H]1[C@@H]1C=C(C)[C@H]2P1N(C)C. The highest BCUT2D eigenvalue weighted by Gasteiger charge is 2.63. The molecular formula is C16H28N2OP2. The van der Waals surface area contributed by atoms with Crippen molar-refractivity contribution in [3.63, 3.8) is 0 Å². The lowest BCUT2D eigenvalue weighted by Gasteiger charge is -2.34. The number of fused-ring (bicyclic) bond motifs is 5. The largest absolute Gasteiger partial charge is 0.302 e. The number of rotatable bonds is 4. The van der Waals surface area contributed by atoms with Gasteiger partial charge in [0.1, 0.15) is 0 Å². The summed E-state index contributed by atoms with van der Waals surface area (Å²) in [6.07, 6.45) is 2.46. The monoisotopic (exact) mass is 326 g/mol. The van der Waals surface area contributed by atoms with Crippen molar-refractivity contribution in [1.82, 2.24) is 9.34 Å². The predicted molar refractivity (Wildman–Crippen MR) is 93.5 cm³/mol. The molecule has 1 saturated heterocycles. The summed E-state index contributed by atoms with van der Waals surface area (Å²) < 4.78 is 18.5. The summed E-state index contributed by atoms with van der Waals surface area (Å²) in [5, 5.41) is 0. The Labute approximate surface area is 130 Å². The second-order valence-corrected chi connectivity index (χ2v) is 12.3. The molecule has 3 aliphatic rings. The van der Waals surface area contributed by atoms with E-state index in [1.807, 2.05) is 0 Å². The minimum Gasteiger partial charge on any atom is -0.302 e. The van der Waals surface area contributed by atoms with E-state index in [2.05, 4.69) is 63.0 Å². The van der Waals surface area contributed by atoms with Crippen LogP contribution in [0.15, 0.2) is 23.0 Å². The van der Waals surface area contributed by atoms with Crippen molar-refractivity contribution in [2.24, 2.45) is 5.92 Å². The fourth-order valence-electron chi connectivity index (χ4n) is 4.82. The van der Waals surface area contributed by atoms with Gasteiger partial charge < -0.3 is 4.57 Å². The Bertz CT molecular complexity index is 550. The van der Waals surface area contributed by atoms with Crippen molar-refractivity contribution in [3.8, 4) is 0 Å². The Morgan fingerprint density at radius 2 is 1.81 bits per heavy atom. The maximum Gasteiger partial charge on any atom is 0.176 e. The van der Waals surface area contributed by atoms with Crippen LogP contribution in [0.25, 0.3) is 0 Å². The highest BCUT2D eigenvalue weighted by Crippen LogP contribution is 2.79. The zero-order valence-electron chi connectivity index (χ0n) is 14.1. The number of hydrogen-bond acceptors (Lipinski definition) is 2. The Kier molecular flexibility index (Phi) is 4.03. The highest BCUT2D eigenvalue weighted by molar-refractivity contribution is 7.68.